The van der Waals surface area contributed by atoms with Crippen molar-refractivity contribution in [3.8, 4) is 5.75 Å². The highest BCUT2D eigenvalue weighted by molar-refractivity contribution is 5.30. The molecule has 0 aliphatic heterocycles. The molecular formula is C12H19NO. The van der Waals surface area contributed by atoms with Gasteiger partial charge in [0.15, 0.2) is 0 Å². The normalized spacial score (nSPS) is 12.5. The number of methoxy groups -OCH3 is 1. The first-order chi connectivity index (χ1) is 6.77. The van der Waals surface area contributed by atoms with Gasteiger partial charge in [-0.05, 0) is 37.6 Å². The van der Waals surface area contributed by atoms with Gasteiger partial charge in [0.1, 0.15) is 5.75 Å². The van der Waals surface area contributed by atoms with Crippen molar-refractivity contribution in [1.82, 2.24) is 5.32 Å². The zero-order chi connectivity index (χ0) is 10.4. The van der Waals surface area contributed by atoms with E-state index in [-0.39, 0.29) is 0 Å². The zero-order valence-electron chi connectivity index (χ0n) is 9.21. The van der Waals surface area contributed by atoms with Crippen molar-refractivity contribution in [3.05, 3.63) is 29.8 Å². The zero-order valence-corrected chi connectivity index (χ0v) is 9.21. The van der Waals surface area contributed by atoms with E-state index in [9.17, 15) is 0 Å². The lowest BCUT2D eigenvalue weighted by Gasteiger charge is -2.14. The summed E-state index contributed by atoms with van der Waals surface area (Å²) >= 11 is 0. The van der Waals surface area contributed by atoms with Gasteiger partial charge in [-0.25, -0.2) is 0 Å². The van der Waals surface area contributed by atoms with Gasteiger partial charge in [0.2, 0.25) is 0 Å². The van der Waals surface area contributed by atoms with Gasteiger partial charge < -0.3 is 10.1 Å². The summed E-state index contributed by atoms with van der Waals surface area (Å²) in [5.41, 5.74) is 1.28. The molecule has 0 saturated carbocycles. The summed E-state index contributed by atoms with van der Waals surface area (Å²) in [5, 5.41) is 3.44. The Bertz CT molecular complexity index is 273. The second kappa shape index (κ2) is 5.66. The monoisotopic (exact) mass is 193 g/mol. The number of benzene rings is 1. The Hall–Kier alpha value is -1.02. The molecule has 14 heavy (non-hydrogen) atoms. The maximum Gasteiger partial charge on any atom is 0.119 e. The molecule has 0 fully saturated rings. The van der Waals surface area contributed by atoms with Crippen LogP contribution in [0.25, 0.3) is 0 Å². The molecule has 0 saturated heterocycles. The largest absolute Gasteiger partial charge is 0.497 e. The molecule has 0 radical (unpaired) electrons. The van der Waals surface area contributed by atoms with E-state index in [1.807, 2.05) is 12.1 Å². The minimum atomic E-state index is 0.394. The Kier molecular flexibility index (Phi) is 4.47. The van der Waals surface area contributed by atoms with Crippen LogP contribution >= 0.6 is 0 Å². The minimum Gasteiger partial charge on any atom is -0.497 e. The van der Waals surface area contributed by atoms with Crippen molar-refractivity contribution < 1.29 is 4.74 Å². The second-order valence-electron chi connectivity index (χ2n) is 3.45. The van der Waals surface area contributed by atoms with Gasteiger partial charge in [0.25, 0.3) is 0 Å². The Morgan fingerprint density at radius 3 is 2.86 bits per heavy atom. The van der Waals surface area contributed by atoms with Crippen LogP contribution in [0.1, 0.15) is 31.9 Å². The summed E-state index contributed by atoms with van der Waals surface area (Å²) in [6, 6.07) is 8.59. The molecule has 1 N–H and O–H groups in total. The molecule has 0 aromatic heterocycles. The van der Waals surface area contributed by atoms with Gasteiger partial charge in [-0.3, -0.25) is 0 Å². The third kappa shape index (κ3) is 3.04. The van der Waals surface area contributed by atoms with E-state index in [0.717, 1.165) is 18.7 Å². The van der Waals surface area contributed by atoms with Crippen molar-refractivity contribution in [3.63, 3.8) is 0 Å². The summed E-state index contributed by atoms with van der Waals surface area (Å²) in [4.78, 5) is 0. The molecule has 2 nitrogen and oxygen atoms in total. The van der Waals surface area contributed by atoms with Crippen LogP contribution in [-0.4, -0.2) is 13.7 Å². The SMILES string of the molecule is CCCN[C@@H](C)c1cccc(OC)c1. The topological polar surface area (TPSA) is 21.3 Å². The third-order valence-corrected chi connectivity index (χ3v) is 2.29. The van der Waals surface area contributed by atoms with E-state index in [1.54, 1.807) is 7.11 Å². The van der Waals surface area contributed by atoms with Crippen molar-refractivity contribution in [2.75, 3.05) is 13.7 Å². The first kappa shape index (κ1) is 11.1. The standard InChI is InChI=1S/C12H19NO/c1-4-8-13-10(2)11-6-5-7-12(9-11)14-3/h5-7,9-10,13H,4,8H2,1-3H3/t10-/m0/s1. The van der Waals surface area contributed by atoms with Crippen LogP contribution in [0.2, 0.25) is 0 Å². The molecule has 1 atom stereocenters. The van der Waals surface area contributed by atoms with Gasteiger partial charge in [0.05, 0.1) is 7.11 Å². The van der Waals surface area contributed by atoms with E-state index in [4.69, 9.17) is 4.74 Å². The fraction of sp³-hybridized carbons (Fsp3) is 0.500. The quantitative estimate of drug-likeness (QED) is 0.776. The van der Waals surface area contributed by atoms with Crippen LogP contribution in [0.4, 0.5) is 0 Å². The average molecular weight is 193 g/mol. The predicted molar refractivity (Wildman–Crippen MR) is 59.7 cm³/mol. The van der Waals surface area contributed by atoms with Crippen molar-refractivity contribution >= 4 is 0 Å². The molecule has 1 aromatic rings. The van der Waals surface area contributed by atoms with Gasteiger partial charge >= 0.3 is 0 Å². The van der Waals surface area contributed by atoms with E-state index in [2.05, 4.69) is 31.3 Å². The predicted octanol–water partition coefficient (Wildman–Crippen LogP) is 2.76. The van der Waals surface area contributed by atoms with Gasteiger partial charge in [0, 0.05) is 6.04 Å². The number of hydrogen-bond acceptors (Lipinski definition) is 2. The Balaban J connectivity index is 2.64. The average Bonchev–Trinajstić information content (AvgIpc) is 2.26. The lowest BCUT2D eigenvalue weighted by molar-refractivity contribution is 0.413. The summed E-state index contributed by atoms with van der Waals surface area (Å²) in [6.45, 7) is 5.40. The molecular weight excluding hydrogens is 174 g/mol. The maximum atomic E-state index is 5.18. The molecule has 78 valence electrons. The Labute approximate surface area is 86.3 Å². The molecule has 0 heterocycles. The van der Waals surface area contributed by atoms with E-state index < -0.39 is 0 Å². The lowest BCUT2D eigenvalue weighted by Crippen LogP contribution is -2.19. The molecule has 2 heteroatoms. The van der Waals surface area contributed by atoms with Crippen molar-refractivity contribution in [2.45, 2.75) is 26.3 Å². The third-order valence-electron chi connectivity index (χ3n) is 2.29. The fourth-order valence-electron chi connectivity index (χ4n) is 1.39. The van der Waals surface area contributed by atoms with Crippen molar-refractivity contribution in [1.29, 1.82) is 0 Å². The van der Waals surface area contributed by atoms with Crippen LogP contribution in [0.5, 0.6) is 5.75 Å². The number of ether oxygens (including phenoxy) is 1. The van der Waals surface area contributed by atoms with Gasteiger partial charge in [-0.1, -0.05) is 19.1 Å². The first-order valence-electron chi connectivity index (χ1n) is 5.15. The summed E-state index contributed by atoms with van der Waals surface area (Å²) in [6.07, 6.45) is 1.16. The van der Waals surface area contributed by atoms with Gasteiger partial charge in [-0.15, -0.1) is 0 Å². The van der Waals surface area contributed by atoms with Crippen LogP contribution < -0.4 is 10.1 Å². The number of rotatable bonds is 5. The highest BCUT2D eigenvalue weighted by atomic mass is 16.5. The van der Waals surface area contributed by atoms with Crippen LogP contribution in [0.15, 0.2) is 24.3 Å². The molecule has 0 bridgehead atoms. The fourth-order valence-corrected chi connectivity index (χ4v) is 1.39. The smallest absolute Gasteiger partial charge is 0.119 e. The second-order valence-corrected chi connectivity index (χ2v) is 3.45. The van der Waals surface area contributed by atoms with E-state index in [1.165, 1.54) is 5.56 Å². The van der Waals surface area contributed by atoms with Crippen LogP contribution in [-0.2, 0) is 0 Å². The highest BCUT2D eigenvalue weighted by Gasteiger charge is 2.04. The lowest BCUT2D eigenvalue weighted by atomic mass is 10.1. The molecule has 1 rings (SSSR count). The van der Waals surface area contributed by atoms with E-state index >= 15 is 0 Å². The Morgan fingerprint density at radius 2 is 2.21 bits per heavy atom. The van der Waals surface area contributed by atoms with Crippen LogP contribution in [0.3, 0.4) is 0 Å². The molecule has 1 aromatic carbocycles. The minimum absolute atomic E-state index is 0.394. The molecule has 0 unspecified atom stereocenters. The van der Waals surface area contributed by atoms with Crippen molar-refractivity contribution in [2.24, 2.45) is 0 Å². The molecule has 0 spiro atoms. The first-order valence-corrected chi connectivity index (χ1v) is 5.15. The van der Waals surface area contributed by atoms with Crippen LogP contribution in [0, 0.1) is 0 Å². The number of hydrogen-bond donors (Lipinski definition) is 1. The van der Waals surface area contributed by atoms with Gasteiger partial charge in [-0.2, -0.15) is 0 Å². The molecule has 0 aliphatic rings. The van der Waals surface area contributed by atoms with E-state index in [0.29, 0.717) is 6.04 Å². The summed E-state index contributed by atoms with van der Waals surface area (Å²) < 4.78 is 5.18. The number of nitrogens with one attached hydrogen (secondary N) is 1. The summed E-state index contributed by atoms with van der Waals surface area (Å²) in [7, 11) is 1.70. The highest BCUT2D eigenvalue weighted by Crippen LogP contribution is 2.18. The maximum absolute atomic E-state index is 5.18. The molecule has 0 amide bonds. The summed E-state index contributed by atoms with van der Waals surface area (Å²) in [5.74, 6) is 0.924. The Morgan fingerprint density at radius 1 is 1.43 bits per heavy atom. The molecule has 0 aliphatic carbocycles.